The molecule has 15 heavy (non-hydrogen) atoms. The number of benzene rings is 1. The molecule has 1 saturated heterocycles. The van der Waals surface area contributed by atoms with E-state index in [1.807, 2.05) is 30.3 Å². The van der Waals surface area contributed by atoms with Crippen LogP contribution in [0.25, 0.3) is 0 Å². The Morgan fingerprint density at radius 2 is 2.07 bits per heavy atom. The predicted molar refractivity (Wildman–Crippen MR) is 55.0 cm³/mol. The van der Waals surface area contributed by atoms with Crippen molar-refractivity contribution in [3.05, 3.63) is 30.3 Å². The second-order valence-electron chi connectivity index (χ2n) is 3.63. The fourth-order valence-electron chi connectivity index (χ4n) is 1.49. The molecule has 0 spiro atoms. The van der Waals surface area contributed by atoms with E-state index in [-0.39, 0.29) is 12.3 Å². The molecule has 1 fully saturated rings. The summed E-state index contributed by atoms with van der Waals surface area (Å²) in [6, 6.07) is 9.24. The van der Waals surface area contributed by atoms with Gasteiger partial charge in [-0.05, 0) is 19.1 Å². The third-order valence-electron chi connectivity index (χ3n) is 2.41. The zero-order chi connectivity index (χ0) is 10.9. The minimum atomic E-state index is -0.840. The van der Waals surface area contributed by atoms with Crippen molar-refractivity contribution < 1.29 is 14.4 Å². The smallest absolute Gasteiger partial charge is 0.256 e. The fourth-order valence-corrected chi connectivity index (χ4v) is 1.49. The van der Waals surface area contributed by atoms with E-state index < -0.39 is 5.79 Å². The zero-order valence-corrected chi connectivity index (χ0v) is 8.77. The molecule has 1 atom stereocenters. The van der Waals surface area contributed by atoms with E-state index in [0.717, 1.165) is 5.69 Å². The van der Waals surface area contributed by atoms with Crippen molar-refractivity contribution in [2.45, 2.75) is 19.1 Å². The van der Waals surface area contributed by atoms with Gasteiger partial charge in [0.2, 0.25) is 5.79 Å². The van der Waals surface area contributed by atoms with Crippen molar-refractivity contribution in [3.8, 4) is 0 Å². The highest BCUT2D eigenvalue weighted by molar-refractivity contribution is 5.93. The van der Waals surface area contributed by atoms with Crippen LogP contribution in [0.3, 0.4) is 0 Å². The molecule has 0 N–H and O–H groups in total. The van der Waals surface area contributed by atoms with Gasteiger partial charge < -0.3 is 4.74 Å². The molecule has 1 amide bonds. The van der Waals surface area contributed by atoms with Gasteiger partial charge in [-0.2, -0.15) is 5.06 Å². The summed E-state index contributed by atoms with van der Waals surface area (Å²) in [6.45, 7) is 1.74. The van der Waals surface area contributed by atoms with Crippen LogP contribution in [-0.2, 0) is 14.4 Å². The van der Waals surface area contributed by atoms with Crippen molar-refractivity contribution in [2.75, 3.05) is 12.2 Å². The van der Waals surface area contributed by atoms with Crippen LogP contribution < -0.4 is 5.06 Å². The molecule has 2 rings (SSSR count). The number of hydroxylamine groups is 1. The number of para-hydroxylation sites is 1. The van der Waals surface area contributed by atoms with E-state index in [1.165, 1.54) is 12.2 Å². The molecule has 1 heterocycles. The lowest BCUT2D eigenvalue weighted by Crippen LogP contribution is -2.29. The van der Waals surface area contributed by atoms with Crippen LogP contribution in [0.5, 0.6) is 0 Å². The predicted octanol–water partition coefficient (Wildman–Crippen LogP) is 1.72. The molecule has 0 aliphatic carbocycles. The van der Waals surface area contributed by atoms with Crippen molar-refractivity contribution in [3.63, 3.8) is 0 Å². The number of hydrogen-bond donors (Lipinski definition) is 0. The van der Waals surface area contributed by atoms with E-state index >= 15 is 0 Å². The number of methoxy groups -OCH3 is 1. The topological polar surface area (TPSA) is 38.8 Å². The first-order chi connectivity index (χ1) is 7.14. The lowest BCUT2D eigenvalue weighted by atomic mass is 10.2. The molecule has 1 aromatic carbocycles. The van der Waals surface area contributed by atoms with Crippen LogP contribution in [0.4, 0.5) is 5.69 Å². The number of hydrogen-bond acceptors (Lipinski definition) is 3. The molecule has 80 valence electrons. The summed E-state index contributed by atoms with van der Waals surface area (Å²) >= 11 is 0. The lowest BCUT2D eigenvalue weighted by molar-refractivity contribution is -0.186. The van der Waals surface area contributed by atoms with E-state index in [4.69, 9.17) is 9.57 Å². The Morgan fingerprint density at radius 3 is 2.60 bits per heavy atom. The SMILES string of the molecule is COC1(C)CC(=O)N(c2ccccc2)O1. The molecule has 0 aromatic heterocycles. The summed E-state index contributed by atoms with van der Waals surface area (Å²) in [5, 5.41) is 1.28. The number of carbonyl (C=O) groups is 1. The van der Waals surface area contributed by atoms with Gasteiger partial charge in [-0.25, -0.2) is 4.84 Å². The summed E-state index contributed by atoms with van der Waals surface area (Å²) < 4.78 is 5.14. The zero-order valence-electron chi connectivity index (χ0n) is 8.77. The van der Waals surface area contributed by atoms with Crippen LogP contribution in [-0.4, -0.2) is 18.8 Å². The number of anilines is 1. The Kier molecular flexibility index (Phi) is 2.46. The van der Waals surface area contributed by atoms with Crippen LogP contribution in [0.15, 0.2) is 30.3 Å². The Balaban J connectivity index is 2.23. The molecule has 1 aliphatic heterocycles. The van der Waals surface area contributed by atoms with Crippen molar-refractivity contribution in [2.24, 2.45) is 0 Å². The Morgan fingerprint density at radius 1 is 1.40 bits per heavy atom. The number of carbonyl (C=O) groups excluding carboxylic acids is 1. The summed E-state index contributed by atoms with van der Waals surface area (Å²) in [7, 11) is 1.53. The standard InChI is InChI=1S/C11H13NO3/c1-11(14-2)8-10(13)12(15-11)9-6-4-3-5-7-9/h3-7H,8H2,1-2H3. The van der Waals surface area contributed by atoms with Crippen molar-refractivity contribution in [1.29, 1.82) is 0 Å². The molecule has 4 heteroatoms. The summed E-state index contributed by atoms with van der Waals surface area (Å²) in [5.74, 6) is -0.932. The molecule has 0 radical (unpaired) electrons. The monoisotopic (exact) mass is 207 g/mol. The van der Waals surface area contributed by atoms with Crippen LogP contribution >= 0.6 is 0 Å². The Hall–Kier alpha value is -1.39. The Bertz CT molecular complexity index is 365. The Labute approximate surface area is 88.4 Å². The van der Waals surface area contributed by atoms with E-state index in [0.29, 0.717) is 0 Å². The first-order valence-electron chi connectivity index (χ1n) is 4.77. The average Bonchev–Trinajstić information content (AvgIpc) is 2.57. The van der Waals surface area contributed by atoms with Gasteiger partial charge in [0.25, 0.3) is 5.91 Å². The van der Waals surface area contributed by atoms with Gasteiger partial charge in [-0.15, -0.1) is 0 Å². The summed E-state index contributed by atoms with van der Waals surface area (Å²) in [5.41, 5.74) is 0.725. The van der Waals surface area contributed by atoms with E-state index in [2.05, 4.69) is 0 Å². The average molecular weight is 207 g/mol. The number of nitrogens with zero attached hydrogens (tertiary/aromatic N) is 1. The van der Waals surface area contributed by atoms with Gasteiger partial charge in [0.1, 0.15) is 0 Å². The first-order valence-corrected chi connectivity index (χ1v) is 4.77. The van der Waals surface area contributed by atoms with E-state index in [1.54, 1.807) is 6.92 Å². The van der Waals surface area contributed by atoms with Gasteiger partial charge >= 0.3 is 0 Å². The molecule has 4 nitrogen and oxygen atoms in total. The minimum Gasteiger partial charge on any atom is -0.351 e. The third-order valence-corrected chi connectivity index (χ3v) is 2.41. The van der Waals surface area contributed by atoms with Crippen molar-refractivity contribution >= 4 is 11.6 Å². The lowest BCUT2D eigenvalue weighted by Gasteiger charge is -2.22. The van der Waals surface area contributed by atoms with Gasteiger partial charge in [0.15, 0.2) is 0 Å². The second kappa shape index (κ2) is 3.64. The quantitative estimate of drug-likeness (QED) is 0.741. The number of rotatable bonds is 2. The highest BCUT2D eigenvalue weighted by atomic mass is 16.8. The molecule has 1 aliphatic rings. The van der Waals surface area contributed by atoms with Gasteiger partial charge in [-0.3, -0.25) is 4.79 Å². The molecule has 0 saturated carbocycles. The first kappa shape index (κ1) is 10.1. The highest BCUT2D eigenvalue weighted by Crippen LogP contribution is 2.30. The fraction of sp³-hybridized carbons (Fsp3) is 0.364. The molecular weight excluding hydrogens is 194 g/mol. The molecule has 1 unspecified atom stereocenters. The second-order valence-corrected chi connectivity index (χ2v) is 3.63. The van der Waals surface area contributed by atoms with Crippen LogP contribution in [0, 0.1) is 0 Å². The molecular formula is C11H13NO3. The summed E-state index contributed by atoms with van der Waals surface area (Å²) in [4.78, 5) is 17.1. The maximum Gasteiger partial charge on any atom is 0.256 e. The maximum absolute atomic E-state index is 11.7. The van der Waals surface area contributed by atoms with Gasteiger partial charge in [0, 0.05) is 7.11 Å². The third kappa shape index (κ3) is 1.86. The molecule has 1 aromatic rings. The number of amides is 1. The molecule has 0 bridgehead atoms. The maximum atomic E-state index is 11.7. The minimum absolute atomic E-state index is 0.0921. The van der Waals surface area contributed by atoms with Crippen molar-refractivity contribution in [1.82, 2.24) is 0 Å². The van der Waals surface area contributed by atoms with Crippen LogP contribution in [0.2, 0.25) is 0 Å². The largest absolute Gasteiger partial charge is 0.351 e. The normalized spacial score (nSPS) is 26.0. The van der Waals surface area contributed by atoms with E-state index in [9.17, 15) is 4.79 Å². The van der Waals surface area contributed by atoms with Crippen LogP contribution in [0.1, 0.15) is 13.3 Å². The van der Waals surface area contributed by atoms with Gasteiger partial charge in [0.05, 0.1) is 12.1 Å². The highest BCUT2D eigenvalue weighted by Gasteiger charge is 2.42. The number of ether oxygens (including phenoxy) is 1. The van der Waals surface area contributed by atoms with Gasteiger partial charge in [-0.1, -0.05) is 18.2 Å². The summed E-state index contributed by atoms with van der Waals surface area (Å²) in [6.07, 6.45) is 0.235.